The van der Waals surface area contributed by atoms with Crippen molar-refractivity contribution in [1.29, 1.82) is 0 Å². The Balaban J connectivity index is 1.59. The molecule has 0 bridgehead atoms. The molecule has 3 aromatic carbocycles. The first-order chi connectivity index (χ1) is 17.8. The minimum Gasteiger partial charge on any atom is -0.282 e. The lowest BCUT2D eigenvalue weighted by molar-refractivity contribution is -0.117. The minimum absolute atomic E-state index is 0.0112. The summed E-state index contributed by atoms with van der Waals surface area (Å²) in [7, 11) is -8.57. The van der Waals surface area contributed by atoms with Gasteiger partial charge in [0.2, 0.25) is 0 Å². The van der Waals surface area contributed by atoms with Crippen LogP contribution in [-0.4, -0.2) is 39.0 Å². The van der Waals surface area contributed by atoms with Crippen molar-refractivity contribution in [3.05, 3.63) is 76.3 Å². The molecule has 0 aliphatic carbocycles. The number of carbonyl (C=O) groups is 1. The lowest BCUT2D eigenvalue weighted by Gasteiger charge is -2.15. The monoisotopic (exact) mass is 595 g/mol. The van der Waals surface area contributed by atoms with E-state index in [9.17, 15) is 26.2 Å². The number of para-hydroxylation sites is 1. The van der Waals surface area contributed by atoms with Crippen molar-refractivity contribution < 1.29 is 26.2 Å². The number of benzene rings is 3. The minimum atomic E-state index is -4.64. The fraction of sp³-hybridized carbons (Fsp3) is 0.130. The lowest BCUT2D eigenvalue weighted by Crippen LogP contribution is -2.30. The molecule has 0 spiro atoms. The number of azo groups is 1. The predicted octanol–water partition coefficient (Wildman–Crippen LogP) is 5.22. The first kappa shape index (κ1) is 27.7. The molecule has 0 saturated carbocycles. The molecule has 1 amide bonds. The molecule has 0 saturated heterocycles. The second-order valence-electron chi connectivity index (χ2n) is 8.14. The van der Waals surface area contributed by atoms with Gasteiger partial charge in [-0.25, -0.2) is 8.42 Å². The number of aryl methyl sites for hydroxylation is 1. The molecule has 1 atom stereocenters. The molecule has 2 N–H and O–H groups in total. The van der Waals surface area contributed by atoms with E-state index in [1.807, 2.05) is 0 Å². The largest absolute Gasteiger partial charge is 0.296 e. The van der Waals surface area contributed by atoms with Crippen molar-refractivity contribution in [1.82, 2.24) is 0 Å². The maximum absolute atomic E-state index is 13.0. The number of anilines is 2. The van der Waals surface area contributed by atoms with Gasteiger partial charge in [0.25, 0.3) is 26.0 Å². The highest BCUT2D eigenvalue weighted by Crippen LogP contribution is 2.36. The molecular weight excluding hydrogens is 577 g/mol. The molecule has 1 aliphatic heterocycles. The number of halogens is 2. The van der Waals surface area contributed by atoms with Gasteiger partial charge in [-0.3, -0.25) is 14.1 Å². The third-order valence-corrected chi connectivity index (χ3v) is 8.52. The number of nitrogens with one attached hydrogen (secondary N) is 1. The number of nitrogens with zero attached hydrogens (tertiary/aromatic N) is 4. The van der Waals surface area contributed by atoms with E-state index in [2.05, 4.69) is 20.1 Å². The van der Waals surface area contributed by atoms with Gasteiger partial charge in [0.05, 0.1) is 32.0 Å². The summed E-state index contributed by atoms with van der Waals surface area (Å²) in [6, 6.07) is 13.7. The molecule has 11 nitrogen and oxygen atoms in total. The Hall–Kier alpha value is -3.36. The molecule has 15 heteroatoms. The summed E-state index contributed by atoms with van der Waals surface area (Å²) >= 11 is 12.1. The summed E-state index contributed by atoms with van der Waals surface area (Å²) in [4.78, 5) is 12.4. The van der Waals surface area contributed by atoms with Crippen LogP contribution in [0, 0.1) is 6.92 Å². The average Bonchev–Trinajstić information content (AvgIpc) is 3.12. The summed E-state index contributed by atoms with van der Waals surface area (Å²) in [6.45, 7) is 3.16. The van der Waals surface area contributed by atoms with Gasteiger partial charge < -0.3 is 0 Å². The zero-order valence-electron chi connectivity index (χ0n) is 19.7. The molecule has 0 fully saturated rings. The summed E-state index contributed by atoms with van der Waals surface area (Å²) < 4.78 is 60.6. The topological polar surface area (TPSA) is 158 Å². The number of hydrazone groups is 1. The Morgan fingerprint density at radius 3 is 2.29 bits per heavy atom. The number of rotatable bonds is 7. The van der Waals surface area contributed by atoms with E-state index in [0.29, 0.717) is 11.3 Å². The Labute approximate surface area is 228 Å². The number of amides is 1. The standard InChI is InChI=1S/C23H19Cl2N5O6S2/c1-13-8-9-16(10-20(13)37(32,33)29-15-6-4-3-5-7-15)26-27-22-14(2)28-30(23(22)31)19-11-18(25)21(12-17(19)24)38(34,35)36/h3-12,22,29H,1-2H3,(H,34,35,36)/t22-/m1/s1. The number of sulfonamides is 1. The van der Waals surface area contributed by atoms with E-state index in [1.54, 1.807) is 49.4 Å². The third-order valence-electron chi connectivity index (χ3n) is 5.38. The highest BCUT2D eigenvalue weighted by Gasteiger charge is 2.36. The first-order valence-electron chi connectivity index (χ1n) is 10.7. The van der Waals surface area contributed by atoms with E-state index < -0.39 is 37.0 Å². The smallest absolute Gasteiger partial charge is 0.282 e. The van der Waals surface area contributed by atoms with E-state index in [-0.39, 0.29) is 32.0 Å². The maximum atomic E-state index is 13.0. The lowest BCUT2D eigenvalue weighted by atomic mass is 10.2. The van der Waals surface area contributed by atoms with Gasteiger partial charge in [0.15, 0.2) is 6.04 Å². The fourth-order valence-corrected chi connectivity index (χ4v) is 6.18. The molecule has 1 aliphatic rings. The summed E-state index contributed by atoms with van der Waals surface area (Å²) in [5.74, 6) is -0.658. The molecule has 0 radical (unpaired) electrons. The van der Waals surface area contributed by atoms with Crippen molar-refractivity contribution in [3.63, 3.8) is 0 Å². The Bertz CT molecular complexity index is 1710. The van der Waals surface area contributed by atoms with Gasteiger partial charge in [-0.1, -0.05) is 47.5 Å². The van der Waals surface area contributed by atoms with Crippen LogP contribution >= 0.6 is 23.2 Å². The molecule has 1 heterocycles. The zero-order chi connectivity index (χ0) is 27.8. The van der Waals surface area contributed by atoms with Crippen molar-refractivity contribution >= 4 is 72.0 Å². The van der Waals surface area contributed by atoms with Gasteiger partial charge in [0, 0.05) is 5.69 Å². The average molecular weight is 596 g/mol. The van der Waals surface area contributed by atoms with Crippen LogP contribution in [0.4, 0.5) is 17.1 Å². The summed E-state index contributed by atoms with van der Waals surface area (Å²) in [6.07, 6.45) is 0. The van der Waals surface area contributed by atoms with E-state index in [1.165, 1.54) is 13.0 Å². The second kappa shape index (κ2) is 10.4. The predicted molar refractivity (Wildman–Crippen MR) is 144 cm³/mol. The summed E-state index contributed by atoms with van der Waals surface area (Å²) in [5.41, 5.74) is 1.28. The molecule has 198 valence electrons. The quantitative estimate of drug-likeness (QED) is 0.281. The first-order valence-corrected chi connectivity index (χ1v) is 14.4. The molecule has 3 aromatic rings. The fourth-order valence-electron chi connectivity index (χ4n) is 3.52. The van der Waals surface area contributed by atoms with Crippen molar-refractivity contribution in [2.45, 2.75) is 29.7 Å². The van der Waals surface area contributed by atoms with Gasteiger partial charge in [-0.2, -0.15) is 28.8 Å². The van der Waals surface area contributed by atoms with Crippen LogP contribution in [0.5, 0.6) is 0 Å². The van der Waals surface area contributed by atoms with Gasteiger partial charge in [0.1, 0.15) is 4.90 Å². The van der Waals surface area contributed by atoms with Crippen molar-refractivity contribution in [2.75, 3.05) is 9.73 Å². The van der Waals surface area contributed by atoms with Crippen LogP contribution < -0.4 is 9.73 Å². The van der Waals surface area contributed by atoms with Crippen LogP contribution in [0.2, 0.25) is 10.0 Å². The van der Waals surface area contributed by atoms with Gasteiger partial charge >= 0.3 is 0 Å². The van der Waals surface area contributed by atoms with Crippen LogP contribution in [0.15, 0.2) is 85.8 Å². The molecule has 0 unspecified atom stereocenters. The van der Waals surface area contributed by atoms with Crippen LogP contribution in [0.1, 0.15) is 12.5 Å². The van der Waals surface area contributed by atoms with E-state index in [4.69, 9.17) is 23.2 Å². The Morgan fingerprint density at radius 1 is 0.947 bits per heavy atom. The number of hydrogen-bond donors (Lipinski definition) is 2. The van der Waals surface area contributed by atoms with E-state index in [0.717, 1.165) is 17.1 Å². The normalized spacial score (nSPS) is 16.2. The molecule has 0 aromatic heterocycles. The Morgan fingerprint density at radius 2 is 1.63 bits per heavy atom. The number of carbonyl (C=O) groups excluding carboxylic acids is 1. The van der Waals surface area contributed by atoms with Crippen LogP contribution in [0.3, 0.4) is 0 Å². The Kier molecular flexibility index (Phi) is 7.59. The van der Waals surface area contributed by atoms with Crippen LogP contribution in [0.25, 0.3) is 0 Å². The maximum Gasteiger partial charge on any atom is 0.296 e. The van der Waals surface area contributed by atoms with Crippen molar-refractivity contribution in [3.8, 4) is 0 Å². The highest BCUT2D eigenvalue weighted by molar-refractivity contribution is 7.92. The third kappa shape index (κ3) is 5.71. The zero-order valence-corrected chi connectivity index (χ0v) is 22.8. The second-order valence-corrected chi connectivity index (χ2v) is 12.0. The molecule has 38 heavy (non-hydrogen) atoms. The van der Waals surface area contributed by atoms with Crippen LogP contribution in [-0.2, 0) is 24.9 Å². The number of hydrogen-bond acceptors (Lipinski definition) is 8. The molecule has 4 rings (SSSR count). The van der Waals surface area contributed by atoms with E-state index >= 15 is 0 Å². The molecular formula is C23H19Cl2N5O6S2. The SMILES string of the molecule is CC1=NN(c2cc(Cl)c(S(=O)(=O)O)cc2Cl)C(=O)[C@@H]1N=Nc1ccc(C)c(S(=O)(=O)Nc2ccccc2)c1. The van der Waals surface area contributed by atoms with Gasteiger partial charge in [-0.05, 0) is 55.8 Å². The van der Waals surface area contributed by atoms with Crippen molar-refractivity contribution in [2.24, 2.45) is 15.3 Å². The summed E-state index contributed by atoms with van der Waals surface area (Å²) in [5, 5.41) is 12.6. The van der Waals surface area contributed by atoms with Gasteiger partial charge in [-0.15, -0.1) is 0 Å². The highest BCUT2D eigenvalue weighted by atomic mass is 35.5.